The number of hydrogen-bond acceptors (Lipinski definition) is 6. The Labute approximate surface area is 135 Å². The zero-order valence-corrected chi connectivity index (χ0v) is 14.1. The van der Waals surface area contributed by atoms with E-state index in [0.717, 1.165) is 0 Å². The summed E-state index contributed by atoms with van der Waals surface area (Å²) in [5.74, 6) is -0.713. The van der Waals surface area contributed by atoms with Crippen molar-refractivity contribution >= 4 is 17.8 Å². The molecule has 0 aliphatic heterocycles. The van der Waals surface area contributed by atoms with Crippen molar-refractivity contribution in [3.8, 4) is 0 Å². The van der Waals surface area contributed by atoms with Crippen molar-refractivity contribution in [2.75, 3.05) is 7.11 Å². The van der Waals surface area contributed by atoms with Crippen LogP contribution in [0.25, 0.3) is 0 Å². The van der Waals surface area contributed by atoms with Gasteiger partial charge in [-0.3, -0.25) is 9.48 Å². The number of carbonyl (C=O) groups excluding carboxylic acids is 3. The summed E-state index contributed by atoms with van der Waals surface area (Å²) in [5.41, 5.74) is -0.317. The Balaban J connectivity index is 2.65. The second-order valence-electron chi connectivity index (χ2n) is 6.03. The van der Waals surface area contributed by atoms with Crippen LogP contribution < -0.4 is 5.32 Å². The van der Waals surface area contributed by atoms with E-state index in [0.29, 0.717) is 12.2 Å². The van der Waals surface area contributed by atoms with Crippen LogP contribution in [0.4, 0.5) is 4.79 Å². The maximum Gasteiger partial charge on any atom is 0.408 e. The zero-order chi connectivity index (χ0) is 17.6. The third-order valence-electron chi connectivity index (χ3n) is 2.82. The summed E-state index contributed by atoms with van der Waals surface area (Å²) in [7, 11) is 1.24. The van der Waals surface area contributed by atoms with Gasteiger partial charge < -0.3 is 14.8 Å². The molecule has 0 radical (unpaired) electrons. The first kappa shape index (κ1) is 18.7. The SMILES string of the molecule is COC(=O)C(CCn1ccc(C(C)=O)n1)NC(=O)OC(C)(C)C. The molecule has 0 aliphatic rings. The van der Waals surface area contributed by atoms with Gasteiger partial charge in [0.1, 0.15) is 17.3 Å². The molecule has 0 aromatic carbocycles. The number of carbonyl (C=O) groups is 3. The lowest BCUT2D eigenvalue weighted by Crippen LogP contribution is -2.44. The minimum absolute atomic E-state index is 0.139. The van der Waals surface area contributed by atoms with Crippen molar-refractivity contribution in [3.05, 3.63) is 18.0 Å². The van der Waals surface area contributed by atoms with E-state index in [1.54, 1.807) is 33.0 Å². The Morgan fingerprint density at radius 1 is 1.35 bits per heavy atom. The number of alkyl carbamates (subject to hydrolysis) is 1. The van der Waals surface area contributed by atoms with Crippen molar-refractivity contribution in [3.63, 3.8) is 0 Å². The summed E-state index contributed by atoms with van der Waals surface area (Å²) in [6.07, 6.45) is 1.20. The van der Waals surface area contributed by atoms with Crippen molar-refractivity contribution in [1.82, 2.24) is 15.1 Å². The largest absolute Gasteiger partial charge is 0.467 e. The highest BCUT2D eigenvalue weighted by molar-refractivity contribution is 5.91. The number of ether oxygens (including phenoxy) is 2. The number of rotatable bonds is 6. The number of aromatic nitrogens is 2. The Bertz CT molecular complexity index is 574. The van der Waals surface area contributed by atoms with Crippen LogP contribution in [0.15, 0.2) is 12.3 Å². The molecular formula is C15H23N3O5. The van der Waals surface area contributed by atoms with Gasteiger partial charge in [-0.25, -0.2) is 9.59 Å². The Morgan fingerprint density at radius 3 is 2.48 bits per heavy atom. The predicted molar refractivity (Wildman–Crippen MR) is 82.0 cm³/mol. The number of nitrogens with one attached hydrogen (secondary N) is 1. The van der Waals surface area contributed by atoms with Crippen LogP contribution in [0.3, 0.4) is 0 Å². The smallest absolute Gasteiger partial charge is 0.408 e. The molecule has 23 heavy (non-hydrogen) atoms. The molecule has 0 aliphatic carbocycles. The fourth-order valence-electron chi connectivity index (χ4n) is 1.78. The lowest BCUT2D eigenvalue weighted by molar-refractivity contribution is -0.143. The van der Waals surface area contributed by atoms with Crippen molar-refractivity contribution < 1.29 is 23.9 Å². The second kappa shape index (κ2) is 7.75. The topological polar surface area (TPSA) is 99.5 Å². The van der Waals surface area contributed by atoms with E-state index >= 15 is 0 Å². The summed E-state index contributed by atoms with van der Waals surface area (Å²) < 4.78 is 11.3. The third-order valence-corrected chi connectivity index (χ3v) is 2.82. The van der Waals surface area contributed by atoms with Crippen LogP contribution >= 0.6 is 0 Å². The van der Waals surface area contributed by atoms with Crippen molar-refractivity contribution in [1.29, 1.82) is 0 Å². The van der Waals surface area contributed by atoms with E-state index in [1.165, 1.54) is 18.7 Å². The monoisotopic (exact) mass is 325 g/mol. The number of aryl methyl sites for hydroxylation is 1. The highest BCUT2D eigenvalue weighted by Crippen LogP contribution is 2.08. The van der Waals surface area contributed by atoms with Crippen molar-refractivity contribution in [2.24, 2.45) is 0 Å². The number of amides is 1. The summed E-state index contributed by atoms with van der Waals surface area (Å²) >= 11 is 0. The minimum Gasteiger partial charge on any atom is -0.467 e. The average Bonchev–Trinajstić information content (AvgIpc) is 2.89. The Kier molecular flexibility index (Phi) is 6.29. The van der Waals surface area contributed by atoms with Gasteiger partial charge in [-0.2, -0.15) is 5.10 Å². The van der Waals surface area contributed by atoms with Crippen LogP contribution in [0.1, 0.15) is 44.6 Å². The highest BCUT2D eigenvalue weighted by atomic mass is 16.6. The van der Waals surface area contributed by atoms with E-state index < -0.39 is 23.7 Å². The maximum absolute atomic E-state index is 11.8. The molecule has 1 atom stereocenters. The van der Waals surface area contributed by atoms with E-state index in [-0.39, 0.29) is 12.2 Å². The van der Waals surface area contributed by atoms with Crippen LogP contribution in [0, 0.1) is 0 Å². The third kappa shape index (κ3) is 6.50. The van der Waals surface area contributed by atoms with Crippen LogP contribution in [0.5, 0.6) is 0 Å². The lowest BCUT2D eigenvalue weighted by Gasteiger charge is -2.22. The lowest BCUT2D eigenvalue weighted by atomic mass is 10.2. The molecule has 1 rings (SSSR count). The fourth-order valence-corrected chi connectivity index (χ4v) is 1.78. The summed E-state index contributed by atoms with van der Waals surface area (Å²) in [5, 5.41) is 6.56. The number of hydrogen-bond donors (Lipinski definition) is 1. The molecule has 0 spiro atoms. The number of nitrogens with zero attached hydrogens (tertiary/aromatic N) is 2. The predicted octanol–water partition coefficient (Wildman–Crippen LogP) is 1.54. The Hall–Kier alpha value is -2.38. The van der Waals surface area contributed by atoms with Gasteiger partial charge in [-0.15, -0.1) is 0 Å². The van der Waals surface area contributed by atoms with Gasteiger partial charge in [-0.05, 0) is 33.3 Å². The molecule has 1 N–H and O–H groups in total. The van der Waals surface area contributed by atoms with E-state index in [4.69, 9.17) is 4.74 Å². The second-order valence-corrected chi connectivity index (χ2v) is 6.03. The van der Waals surface area contributed by atoms with Gasteiger partial charge in [0.15, 0.2) is 5.78 Å². The van der Waals surface area contributed by atoms with Crippen LogP contribution in [0.2, 0.25) is 0 Å². The molecule has 8 heteroatoms. The van der Waals surface area contributed by atoms with Gasteiger partial charge in [0, 0.05) is 19.7 Å². The summed E-state index contributed by atoms with van der Waals surface area (Å²) in [4.78, 5) is 34.8. The molecule has 128 valence electrons. The van der Waals surface area contributed by atoms with Crippen LogP contribution in [-0.2, 0) is 20.8 Å². The zero-order valence-electron chi connectivity index (χ0n) is 14.1. The van der Waals surface area contributed by atoms with Gasteiger partial charge in [0.05, 0.1) is 7.11 Å². The molecule has 8 nitrogen and oxygen atoms in total. The first-order chi connectivity index (χ1) is 10.6. The van der Waals surface area contributed by atoms with E-state index in [1.807, 2.05) is 0 Å². The number of ketones is 1. The first-order valence-electron chi connectivity index (χ1n) is 7.24. The summed E-state index contributed by atoms with van der Waals surface area (Å²) in [6.45, 7) is 6.95. The van der Waals surface area contributed by atoms with Gasteiger partial charge in [0.2, 0.25) is 0 Å². The number of Topliss-reactive ketones (excluding diaryl/α,β-unsaturated/α-hetero) is 1. The Morgan fingerprint density at radius 2 is 2.00 bits per heavy atom. The molecule has 1 unspecified atom stereocenters. The molecule has 1 aromatic heterocycles. The molecule has 1 amide bonds. The number of methoxy groups -OCH3 is 1. The number of esters is 1. The molecule has 1 heterocycles. The maximum atomic E-state index is 11.8. The standard InChI is InChI=1S/C15H23N3O5/c1-10(19)11-6-8-18(17-11)9-7-12(13(20)22-5)16-14(21)23-15(2,3)4/h6,8,12H,7,9H2,1-5H3,(H,16,21). The molecule has 1 aromatic rings. The van der Waals surface area contributed by atoms with Gasteiger partial charge in [0.25, 0.3) is 0 Å². The van der Waals surface area contributed by atoms with Crippen LogP contribution in [-0.4, -0.2) is 46.4 Å². The highest BCUT2D eigenvalue weighted by Gasteiger charge is 2.25. The first-order valence-corrected chi connectivity index (χ1v) is 7.24. The summed E-state index contributed by atoms with van der Waals surface area (Å²) in [6, 6.07) is 0.733. The van der Waals surface area contributed by atoms with Gasteiger partial charge in [-0.1, -0.05) is 0 Å². The van der Waals surface area contributed by atoms with E-state index in [2.05, 4.69) is 15.2 Å². The van der Waals surface area contributed by atoms with E-state index in [9.17, 15) is 14.4 Å². The molecule has 0 saturated heterocycles. The molecule has 0 saturated carbocycles. The molecular weight excluding hydrogens is 302 g/mol. The quantitative estimate of drug-likeness (QED) is 0.629. The molecule has 0 fully saturated rings. The minimum atomic E-state index is -0.861. The average molecular weight is 325 g/mol. The van der Waals surface area contributed by atoms with Crippen molar-refractivity contribution in [2.45, 2.75) is 52.3 Å². The van der Waals surface area contributed by atoms with Gasteiger partial charge >= 0.3 is 12.1 Å². The fraction of sp³-hybridized carbons (Fsp3) is 0.600. The normalized spacial score (nSPS) is 12.4. The molecule has 0 bridgehead atoms.